The second kappa shape index (κ2) is 22.8. The fourth-order valence-corrected chi connectivity index (χ4v) is 4.55. The molecule has 0 bridgehead atoms. The summed E-state index contributed by atoms with van der Waals surface area (Å²) in [7, 11) is 0. The molecule has 1 aromatic rings. The largest absolute Gasteiger partial charge is 0.481 e. The first kappa shape index (κ1) is 32.7. The molecule has 210 valence electrons. The Bertz CT molecular complexity index is 723. The molecule has 6 nitrogen and oxygen atoms in total. The topological polar surface area (TPSA) is 95.5 Å². The molecule has 0 spiro atoms. The van der Waals surface area contributed by atoms with Crippen LogP contribution in [0.25, 0.3) is 0 Å². The predicted molar refractivity (Wildman–Crippen MR) is 151 cm³/mol. The van der Waals surface area contributed by atoms with Crippen molar-refractivity contribution in [2.24, 2.45) is 0 Å². The zero-order valence-corrected chi connectivity index (χ0v) is 23.3. The lowest BCUT2D eigenvalue weighted by molar-refractivity contribution is -0.137. The number of hydrogen-bond donors (Lipinski definition) is 3. The van der Waals surface area contributed by atoms with E-state index >= 15 is 0 Å². The van der Waals surface area contributed by atoms with Gasteiger partial charge in [0.05, 0.1) is 0 Å². The van der Waals surface area contributed by atoms with Crippen LogP contribution in [-0.2, 0) is 14.4 Å². The summed E-state index contributed by atoms with van der Waals surface area (Å²) < 4.78 is 0. The molecule has 2 amide bonds. The summed E-state index contributed by atoms with van der Waals surface area (Å²) in [6.07, 6.45) is 20.5. The van der Waals surface area contributed by atoms with Crippen LogP contribution in [-0.4, -0.2) is 29.4 Å². The van der Waals surface area contributed by atoms with Crippen LogP contribution in [0.5, 0.6) is 0 Å². The van der Waals surface area contributed by atoms with Crippen molar-refractivity contribution < 1.29 is 19.5 Å². The van der Waals surface area contributed by atoms with Crippen molar-refractivity contribution in [1.82, 2.24) is 10.6 Å². The summed E-state index contributed by atoms with van der Waals surface area (Å²) in [6.45, 7) is 2.73. The van der Waals surface area contributed by atoms with Crippen LogP contribution in [0.2, 0.25) is 0 Å². The van der Waals surface area contributed by atoms with Gasteiger partial charge in [0.1, 0.15) is 6.04 Å². The number of unbranched alkanes of at least 4 members (excludes halogenated alkanes) is 15. The number of carbonyl (C=O) groups is 3. The van der Waals surface area contributed by atoms with Gasteiger partial charge in [-0.1, -0.05) is 127 Å². The molecule has 0 saturated heterocycles. The summed E-state index contributed by atoms with van der Waals surface area (Å²) >= 11 is 0. The molecule has 0 saturated carbocycles. The number of nitrogens with one attached hydrogen (secondary N) is 2. The molecule has 3 N–H and O–H groups in total. The van der Waals surface area contributed by atoms with E-state index in [1.54, 1.807) is 0 Å². The Morgan fingerprint density at radius 2 is 1.16 bits per heavy atom. The van der Waals surface area contributed by atoms with Gasteiger partial charge in [0.25, 0.3) is 0 Å². The van der Waals surface area contributed by atoms with Crippen molar-refractivity contribution in [3.8, 4) is 0 Å². The summed E-state index contributed by atoms with van der Waals surface area (Å²) in [5, 5.41) is 14.5. The molecule has 0 radical (unpaired) electrons. The Morgan fingerprint density at radius 1 is 0.676 bits per heavy atom. The van der Waals surface area contributed by atoms with Crippen molar-refractivity contribution in [1.29, 1.82) is 0 Å². The summed E-state index contributed by atoms with van der Waals surface area (Å²) in [5.74, 6) is -1.11. The minimum atomic E-state index is -0.797. The molecule has 0 heterocycles. The minimum Gasteiger partial charge on any atom is -0.481 e. The summed E-state index contributed by atoms with van der Waals surface area (Å²) in [6, 6.07) is 8.60. The van der Waals surface area contributed by atoms with E-state index in [9.17, 15) is 14.4 Å². The standard InChI is InChI=1S/C31H52N2O4/c1-2-3-4-5-6-7-8-9-10-11-12-13-14-19-24-28(34)33-30(27-22-17-15-18-23-27)31(37)32-26-21-16-20-25-29(35)36/h15,17-18,22-23,30H,2-14,16,19-21,24-26H2,1H3,(H,32,37)(H,33,34)(H,35,36)/t30-/m0/s1. The quantitative estimate of drug-likeness (QED) is 0.124. The third-order valence-corrected chi connectivity index (χ3v) is 6.82. The van der Waals surface area contributed by atoms with E-state index in [0.717, 1.165) is 31.2 Å². The van der Waals surface area contributed by atoms with Crippen molar-refractivity contribution >= 4 is 17.8 Å². The Morgan fingerprint density at radius 3 is 1.70 bits per heavy atom. The number of hydrogen-bond acceptors (Lipinski definition) is 3. The first-order valence-electron chi connectivity index (χ1n) is 14.9. The van der Waals surface area contributed by atoms with Crippen LogP contribution in [0.1, 0.15) is 141 Å². The number of benzene rings is 1. The van der Waals surface area contributed by atoms with Gasteiger partial charge in [0, 0.05) is 19.4 Å². The molecule has 37 heavy (non-hydrogen) atoms. The molecule has 0 aliphatic heterocycles. The Labute approximate surface area is 225 Å². The maximum Gasteiger partial charge on any atom is 0.303 e. The van der Waals surface area contributed by atoms with Crippen LogP contribution in [0, 0.1) is 0 Å². The summed E-state index contributed by atoms with van der Waals surface area (Å²) in [5.41, 5.74) is 0.764. The van der Waals surface area contributed by atoms with Gasteiger partial charge in [-0.3, -0.25) is 14.4 Å². The van der Waals surface area contributed by atoms with E-state index in [4.69, 9.17) is 5.11 Å². The van der Waals surface area contributed by atoms with Gasteiger partial charge >= 0.3 is 5.97 Å². The Kier molecular flexibility index (Phi) is 20.1. The van der Waals surface area contributed by atoms with Gasteiger partial charge in [-0.05, 0) is 24.8 Å². The highest BCUT2D eigenvalue weighted by Crippen LogP contribution is 2.15. The molecule has 1 atom stereocenters. The van der Waals surface area contributed by atoms with E-state index in [-0.39, 0.29) is 18.2 Å². The fraction of sp³-hybridized carbons (Fsp3) is 0.710. The lowest BCUT2D eigenvalue weighted by Crippen LogP contribution is -2.40. The Hall–Kier alpha value is -2.37. The number of amides is 2. The second-order valence-electron chi connectivity index (χ2n) is 10.3. The van der Waals surface area contributed by atoms with Crippen LogP contribution >= 0.6 is 0 Å². The fourth-order valence-electron chi connectivity index (χ4n) is 4.55. The van der Waals surface area contributed by atoms with Crippen molar-refractivity contribution in [2.45, 2.75) is 135 Å². The minimum absolute atomic E-state index is 0.0932. The average Bonchev–Trinajstić information content (AvgIpc) is 2.89. The van der Waals surface area contributed by atoms with Gasteiger partial charge in [0.2, 0.25) is 11.8 Å². The first-order valence-corrected chi connectivity index (χ1v) is 14.9. The van der Waals surface area contributed by atoms with E-state index in [1.165, 1.54) is 70.6 Å². The SMILES string of the molecule is CCCCCCCCCCCCCCCCC(=O)N[C@H](C(=O)NCCCCCC(=O)O)c1ccccc1. The second-order valence-corrected chi connectivity index (χ2v) is 10.3. The molecule has 0 aromatic heterocycles. The summed E-state index contributed by atoms with van der Waals surface area (Å²) in [4.78, 5) is 36.0. The number of rotatable bonds is 24. The van der Waals surface area contributed by atoms with Crippen LogP contribution < -0.4 is 10.6 Å². The zero-order valence-electron chi connectivity index (χ0n) is 23.3. The van der Waals surface area contributed by atoms with E-state index in [0.29, 0.717) is 25.8 Å². The van der Waals surface area contributed by atoms with Gasteiger partial charge in [-0.15, -0.1) is 0 Å². The van der Waals surface area contributed by atoms with Crippen LogP contribution in [0.15, 0.2) is 30.3 Å². The first-order chi connectivity index (χ1) is 18.0. The molecule has 1 rings (SSSR count). The van der Waals surface area contributed by atoms with E-state index in [2.05, 4.69) is 17.6 Å². The van der Waals surface area contributed by atoms with Crippen molar-refractivity contribution in [3.63, 3.8) is 0 Å². The number of aliphatic carboxylic acids is 1. The highest BCUT2D eigenvalue weighted by atomic mass is 16.4. The average molecular weight is 517 g/mol. The highest BCUT2D eigenvalue weighted by molar-refractivity contribution is 5.88. The lowest BCUT2D eigenvalue weighted by atomic mass is 10.0. The molecule has 0 aliphatic rings. The maximum atomic E-state index is 12.8. The van der Waals surface area contributed by atoms with Crippen LogP contribution in [0.3, 0.4) is 0 Å². The molecule has 0 unspecified atom stereocenters. The lowest BCUT2D eigenvalue weighted by Gasteiger charge is -2.19. The van der Waals surface area contributed by atoms with Crippen LogP contribution in [0.4, 0.5) is 0 Å². The van der Waals surface area contributed by atoms with Gasteiger partial charge in [-0.25, -0.2) is 0 Å². The molecule has 0 aliphatic carbocycles. The van der Waals surface area contributed by atoms with Gasteiger partial charge < -0.3 is 15.7 Å². The van der Waals surface area contributed by atoms with Crippen molar-refractivity contribution in [3.05, 3.63) is 35.9 Å². The third kappa shape index (κ3) is 18.5. The van der Waals surface area contributed by atoms with E-state index < -0.39 is 12.0 Å². The number of carboxylic acid groups (broad SMARTS) is 1. The molecule has 6 heteroatoms. The molecular formula is C31H52N2O4. The third-order valence-electron chi connectivity index (χ3n) is 6.82. The number of carboxylic acids is 1. The number of carbonyl (C=O) groups excluding carboxylic acids is 2. The predicted octanol–water partition coefficient (Wildman–Crippen LogP) is 7.48. The smallest absolute Gasteiger partial charge is 0.303 e. The maximum absolute atomic E-state index is 12.8. The van der Waals surface area contributed by atoms with Gasteiger partial charge in [0.15, 0.2) is 0 Å². The monoisotopic (exact) mass is 516 g/mol. The molecule has 0 fully saturated rings. The zero-order chi connectivity index (χ0) is 27.0. The molecular weight excluding hydrogens is 464 g/mol. The highest BCUT2D eigenvalue weighted by Gasteiger charge is 2.22. The normalized spacial score (nSPS) is 11.7. The Balaban J connectivity index is 2.18. The van der Waals surface area contributed by atoms with Crippen molar-refractivity contribution in [2.75, 3.05) is 6.54 Å². The molecule has 1 aromatic carbocycles. The van der Waals surface area contributed by atoms with E-state index in [1.807, 2.05) is 30.3 Å². The van der Waals surface area contributed by atoms with Gasteiger partial charge in [-0.2, -0.15) is 0 Å².